The molecule has 0 saturated heterocycles. The van der Waals surface area contributed by atoms with E-state index in [1.165, 1.54) is 10.4 Å². The number of rotatable bonds is 4. The fourth-order valence-corrected chi connectivity index (χ4v) is 4.31. The molecule has 114 valence electrons. The number of halogens is 2. The molecule has 0 aliphatic carbocycles. The molecule has 0 radical (unpaired) electrons. The Morgan fingerprint density at radius 1 is 1.25 bits per heavy atom. The SMILES string of the molecule is Cc1c(CCl)cc(Cl)cc1S(=O)(=O)N(C)CC(C)(C)C. The smallest absolute Gasteiger partial charge is 0.207 e. The Morgan fingerprint density at radius 2 is 1.80 bits per heavy atom. The van der Waals surface area contributed by atoms with E-state index in [1.807, 2.05) is 20.8 Å². The van der Waals surface area contributed by atoms with Crippen molar-refractivity contribution in [2.45, 2.75) is 38.5 Å². The Bertz CT molecular complexity index is 592. The van der Waals surface area contributed by atoms with Crippen LogP contribution >= 0.6 is 23.2 Å². The number of nitrogens with zero attached hydrogens (tertiary/aromatic N) is 1. The molecule has 0 atom stereocenters. The average molecular weight is 338 g/mol. The van der Waals surface area contributed by atoms with Gasteiger partial charge in [0, 0.05) is 24.5 Å². The maximum Gasteiger partial charge on any atom is 0.243 e. The van der Waals surface area contributed by atoms with Gasteiger partial charge in [-0.25, -0.2) is 12.7 Å². The fraction of sp³-hybridized carbons (Fsp3) is 0.571. The van der Waals surface area contributed by atoms with Crippen molar-refractivity contribution in [2.24, 2.45) is 5.41 Å². The average Bonchev–Trinajstić information content (AvgIpc) is 2.29. The summed E-state index contributed by atoms with van der Waals surface area (Å²) in [4.78, 5) is 0.229. The van der Waals surface area contributed by atoms with E-state index < -0.39 is 10.0 Å². The van der Waals surface area contributed by atoms with Crippen molar-refractivity contribution in [1.29, 1.82) is 0 Å². The van der Waals surface area contributed by atoms with Crippen LogP contribution < -0.4 is 0 Å². The molecular formula is C14H21Cl2NO2S. The van der Waals surface area contributed by atoms with Crippen LogP contribution in [0.3, 0.4) is 0 Å². The van der Waals surface area contributed by atoms with E-state index in [2.05, 4.69) is 0 Å². The molecular weight excluding hydrogens is 317 g/mol. The first-order chi connectivity index (χ1) is 8.99. The minimum Gasteiger partial charge on any atom is -0.207 e. The van der Waals surface area contributed by atoms with Crippen LogP contribution in [0.2, 0.25) is 5.02 Å². The van der Waals surface area contributed by atoms with Gasteiger partial charge < -0.3 is 0 Å². The number of sulfonamides is 1. The molecule has 1 aromatic rings. The highest BCUT2D eigenvalue weighted by molar-refractivity contribution is 7.89. The zero-order chi connectivity index (χ0) is 15.7. The highest BCUT2D eigenvalue weighted by atomic mass is 35.5. The van der Waals surface area contributed by atoms with Crippen LogP contribution in [0.25, 0.3) is 0 Å². The predicted molar refractivity (Wildman–Crippen MR) is 85.0 cm³/mol. The maximum atomic E-state index is 12.7. The van der Waals surface area contributed by atoms with Crippen molar-refractivity contribution in [1.82, 2.24) is 4.31 Å². The van der Waals surface area contributed by atoms with E-state index in [0.29, 0.717) is 17.1 Å². The molecule has 0 aromatic heterocycles. The molecule has 0 N–H and O–H groups in total. The molecule has 3 nitrogen and oxygen atoms in total. The van der Waals surface area contributed by atoms with E-state index in [0.717, 1.165) is 5.56 Å². The molecule has 0 aliphatic heterocycles. The lowest BCUT2D eigenvalue weighted by Crippen LogP contribution is -2.35. The van der Waals surface area contributed by atoms with Crippen molar-refractivity contribution in [3.05, 3.63) is 28.3 Å². The first-order valence-electron chi connectivity index (χ1n) is 6.30. The summed E-state index contributed by atoms with van der Waals surface area (Å²) in [5, 5.41) is 0.383. The van der Waals surface area contributed by atoms with Gasteiger partial charge in [0.05, 0.1) is 4.90 Å². The summed E-state index contributed by atoms with van der Waals surface area (Å²) in [6.07, 6.45) is 0. The molecule has 0 heterocycles. The molecule has 20 heavy (non-hydrogen) atoms. The van der Waals surface area contributed by atoms with E-state index in [9.17, 15) is 8.42 Å². The fourth-order valence-electron chi connectivity index (χ4n) is 2.04. The normalized spacial score (nSPS) is 13.0. The quantitative estimate of drug-likeness (QED) is 0.777. The highest BCUT2D eigenvalue weighted by Crippen LogP contribution is 2.28. The minimum absolute atomic E-state index is 0.121. The van der Waals surface area contributed by atoms with Crippen molar-refractivity contribution in [3.8, 4) is 0 Å². The Kier molecular flexibility index (Phi) is 5.53. The molecule has 1 rings (SSSR count). The second-order valence-electron chi connectivity index (χ2n) is 6.14. The van der Waals surface area contributed by atoms with E-state index in [-0.39, 0.29) is 16.2 Å². The van der Waals surface area contributed by atoms with Crippen molar-refractivity contribution in [2.75, 3.05) is 13.6 Å². The monoisotopic (exact) mass is 337 g/mol. The summed E-state index contributed by atoms with van der Waals surface area (Å²) in [5.41, 5.74) is 1.27. The van der Waals surface area contributed by atoms with Gasteiger partial charge in [-0.2, -0.15) is 0 Å². The van der Waals surface area contributed by atoms with Gasteiger partial charge >= 0.3 is 0 Å². The van der Waals surface area contributed by atoms with Gasteiger partial charge in [-0.15, -0.1) is 11.6 Å². The lowest BCUT2D eigenvalue weighted by atomic mass is 9.97. The van der Waals surface area contributed by atoms with E-state index >= 15 is 0 Å². The van der Waals surface area contributed by atoms with Crippen LogP contribution in [0.5, 0.6) is 0 Å². The topological polar surface area (TPSA) is 37.4 Å². The third-order valence-electron chi connectivity index (χ3n) is 2.96. The maximum absolute atomic E-state index is 12.7. The van der Waals surface area contributed by atoms with Gasteiger partial charge in [0.25, 0.3) is 0 Å². The molecule has 6 heteroatoms. The summed E-state index contributed by atoms with van der Waals surface area (Å²) in [6.45, 7) is 8.17. The first-order valence-corrected chi connectivity index (χ1v) is 8.65. The first kappa shape index (κ1) is 17.8. The number of alkyl halides is 1. The van der Waals surface area contributed by atoms with Crippen LogP contribution in [0.15, 0.2) is 17.0 Å². The van der Waals surface area contributed by atoms with E-state index in [1.54, 1.807) is 20.0 Å². The number of benzene rings is 1. The third kappa shape index (κ3) is 4.10. The lowest BCUT2D eigenvalue weighted by molar-refractivity contribution is 0.310. The molecule has 0 aliphatic rings. The number of hydrogen-bond donors (Lipinski definition) is 0. The van der Waals surface area contributed by atoms with Gasteiger partial charge in [0.15, 0.2) is 0 Å². The third-order valence-corrected chi connectivity index (χ3v) is 5.40. The van der Waals surface area contributed by atoms with Gasteiger partial charge in [0.2, 0.25) is 10.0 Å². The minimum atomic E-state index is -3.57. The van der Waals surface area contributed by atoms with Crippen LogP contribution in [-0.4, -0.2) is 26.3 Å². The Balaban J connectivity index is 3.32. The van der Waals surface area contributed by atoms with Gasteiger partial charge in [0.1, 0.15) is 0 Å². The van der Waals surface area contributed by atoms with E-state index in [4.69, 9.17) is 23.2 Å². The summed E-state index contributed by atoms with van der Waals surface area (Å²) >= 11 is 11.8. The number of hydrogen-bond acceptors (Lipinski definition) is 2. The summed E-state index contributed by atoms with van der Waals surface area (Å²) in [7, 11) is -1.98. The van der Waals surface area contributed by atoms with Crippen molar-refractivity contribution < 1.29 is 8.42 Å². The second-order valence-corrected chi connectivity index (χ2v) is 8.86. The molecule has 0 saturated carbocycles. The Hall–Kier alpha value is -0.290. The highest BCUT2D eigenvalue weighted by Gasteiger charge is 2.27. The summed E-state index contributed by atoms with van der Waals surface area (Å²) in [6, 6.07) is 3.19. The Morgan fingerprint density at radius 3 is 2.25 bits per heavy atom. The predicted octanol–water partition coefficient (Wildman–Crippen LogP) is 4.05. The largest absolute Gasteiger partial charge is 0.243 e. The van der Waals surface area contributed by atoms with Crippen LogP contribution in [-0.2, 0) is 15.9 Å². The summed E-state index contributed by atoms with van der Waals surface area (Å²) in [5.74, 6) is 0.234. The zero-order valence-corrected chi connectivity index (χ0v) is 14.8. The molecule has 0 unspecified atom stereocenters. The molecule has 0 amide bonds. The molecule has 0 fully saturated rings. The van der Waals surface area contributed by atoms with Crippen molar-refractivity contribution in [3.63, 3.8) is 0 Å². The summed E-state index contributed by atoms with van der Waals surface area (Å²) < 4.78 is 26.7. The van der Waals surface area contributed by atoms with Crippen LogP contribution in [0, 0.1) is 12.3 Å². The lowest BCUT2D eigenvalue weighted by Gasteiger charge is -2.27. The molecule has 1 aromatic carbocycles. The zero-order valence-electron chi connectivity index (χ0n) is 12.5. The van der Waals surface area contributed by atoms with Gasteiger partial charge in [-0.1, -0.05) is 32.4 Å². The van der Waals surface area contributed by atoms with Crippen LogP contribution in [0.1, 0.15) is 31.9 Å². The van der Waals surface area contributed by atoms with Crippen LogP contribution in [0.4, 0.5) is 0 Å². The van der Waals surface area contributed by atoms with Gasteiger partial charge in [-0.05, 0) is 35.6 Å². The molecule has 0 spiro atoms. The Labute approximate surface area is 131 Å². The molecule has 0 bridgehead atoms. The van der Waals surface area contributed by atoms with Crippen molar-refractivity contribution >= 4 is 33.2 Å². The second kappa shape index (κ2) is 6.22. The van der Waals surface area contributed by atoms with Gasteiger partial charge in [-0.3, -0.25) is 0 Å². The standard InChI is InChI=1S/C14H21Cl2NO2S/c1-10-11(8-15)6-12(16)7-13(10)20(18,19)17(5)9-14(2,3)4/h6-7H,8-9H2,1-5H3.